The summed E-state index contributed by atoms with van der Waals surface area (Å²) in [6.07, 6.45) is 7.18. The third kappa shape index (κ3) is 4.57. The monoisotopic (exact) mass is 825 g/mol. The van der Waals surface area contributed by atoms with Crippen molar-refractivity contribution in [1.82, 2.24) is 0 Å². The van der Waals surface area contributed by atoms with Gasteiger partial charge in [-0.15, -0.1) is 11.3 Å². The standard InChI is InChI=1S/C59H60BNS/c1-54(2)24-26-57(7,8)48-38(54)20-22-42-47(48)37-30-34(33-16-17-36-35-14-12-13-15-45(35)62-46(36)32-33)31-44-51(37)60(42)43-23-21-40-50-53(43)61(44)52-41(59(50,11)29-28-56(40,5)6)19-18-39-49(52)58(9,10)27-25-55(39,3)4/h12-23,30-32H,24-29H2,1-11H3. The Morgan fingerprint density at radius 3 is 1.79 bits per heavy atom. The molecule has 3 aliphatic heterocycles. The van der Waals surface area contributed by atoms with Gasteiger partial charge in [0.15, 0.2) is 0 Å². The van der Waals surface area contributed by atoms with Crippen LogP contribution in [0.25, 0.3) is 42.4 Å². The van der Waals surface area contributed by atoms with Gasteiger partial charge in [0.2, 0.25) is 6.71 Å². The van der Waals surface area contributed by atoms with E-state index in [1.165, 1.54) is 108 Å². The lowest BCUT2D eigenvalue weighted by molar-refractivity contribution is 0.327. The molecule has 0 saturated carbocycles. The van der Waals surface area contributed by atoms with E-state index in [4.69, 9.17) is 0 Å². The number of hydrogen-bond acceptors (Lipinski definition) is 2. The number of hydrogen-bond donors (Lipinski definition) is 0. The number of fused-ring (bicyclic) bond motifs is 15. The van der Waals surface area contributed by atoms with Crippen LogP contribution in [0.15, 0.2) is 91.0 Å². The van der Waals surface area contributed by atoms with Gasteiger partial charge < -0.3 is 4.90 Å². The summed E-state index contributed by atoms with van der Waals surface area (Å²) in [6, 6.07) is 37.1. The Morgan fingerprint density at radius 2 is 1.05 bits per heavy atom. The Morgan fingerprint density at radius 1 is 0.468 bits per heavy atom. The molecule has 1 unspecified atom stereocenters. The highest BCUT2D eigenvalue weighted by Gasteiger charge is 2.56. The number of anilines is 3. The van der Waals surface area contributed by atoms with Gasteiger partial charge in [-0.25, -0.2) is 0 Å². The first kappa shape index (κ1) is 37.9. The summed E-state index contributed by atoms with van der Waals surface area (Å²) in [7, 11) is 0. The molecule has 62 heavy (non-hydrogen) atoms. The second-order valence-corrected chi connectivity index (χ2v) is 25.1. The van der Waals surface area contributed by atoms with Gasteiger partial charge in [0.1, 0.15) is 0 Å². The van der Waals surface area contributed by atoms with Crippen LogP contribution in [-0.2, 0) is 32.5 Å². The predicted molar refractivity (Wildman–Crippen MR) is 269 cm³/mol. The van der Waals surface area contributed by atoms with Crippen LogP contribution in [0.3, 0.4) is 0 Å². The maximum Gasteiger partial charge on any atom is 0.248 e. The van der Waals surface area contributed by atoms with Gasteiger partial charge in [-0.2, -0.15) is 0 Å². The number of thiophene rings is 1. The van der Waals surface area contributed by atoms with Crippen molar-refractivity contribution in [3.05, 3.63) is 130 Å². The molecular formula is C59H60BNS. The Balaban J connectivity index is 1.20. The molecule has 0 amide bonds. The van der Waals surface area contributed by atoms with Crippen LogP contribution in [0.4, 0.5) is 17.1 Å². The van der Waals surface area contributed by atoms with Crippen LogP contribution < -0.4 is 21.3 Å². The molecule has 310 valence electrons. The zero-order chi connectivity index (χ0) is 42.8. The molecule has 0 spiro atoms. The van der Waals surface area contributed by atoms with E-state index in [-0.39, 0.29) is 39.2 Å². The first-order valence-corrected chi connectivity index (χ1v) is 24.6. The third-order valence-electron chi connectivity index (χ3n) is 18.1. The molecule has 0 fully saturated rings. The molecule has 3 aliphatic carbocycles. The fraction of sp³-hybridized carbons (Fsp3) is 0.390. The quantitative estimate of drug-likeness (QED) is 0.149. The first-order valence-electron chi connectivity index (χ1n) is 23.8. The van der Waals surface area contributed by atoms with E-state index in [1.807, 2.05) is 11.3 Å². The first-order chi connectivity index (χ1) is 29.3. The van der Waals surface area contributed by atoms with E-state index >= 15 is 0 Å². The zero-order valence-electron chi connectivity index (χ0n) is 38.8. The molecule has 0 N–H and O–H groups in total. The lowest BCUT2D eigenvalue weighted by Gasteiger charge is -2.55. The smallest absolute Gasteiger partial charge is 0.248 e. The van der Waals surface area contributed by atoms with E-state index in [9.17, 15) is 0 Å². The number of benzene rings is 6. The van der Waals surface area contributed by atoms with Crippen molar-refractivity contribution in [1.29, 1.82) is 0 Å². The summed E-state index contributed by atoms with van der Waals surface area (Å²) in [5.74, 6) is 0. The minimum absolute atomic E-state index is 0.0389. The summed E-state index contributed by atoms with van der Waals surface area (Å²) >= 11 is 1.94. The van der Waals surface area contributed by atoms with Gasteiger partial charge in [0, 0.05) is 37.0 Å². The van der Waals surface area contributed by atoms with Crippen LogP contribution >= 0.6 is 11.3 Å². The highest BCUT2D eigenvalue weighted by molar-refractivity contribution is 7.25. The fourth-order valence-electron chi connectivity index (χ4n) is 14.2. The number of nitrogens with zero attached hydrogens (tertiary/aromatic N) is 1. The lowest BCUT2D eigenvalue weighted by Crippen LogP contribution is -2.58. The summed E-state index contributed by atoms with van der Waals surface area (Å²) in [6.45, 7) is 28.1. The molecule has 0 radical (unpaired) electrons. The van der Waals surface area contributed by atoms with Crippen molar-refractivity contribution >= 4 is 71.7 Å². The minimum atomic E-state index is -0.0812. The average molecular weight is 826 g/mol. The van der Waals surface area contributed by atoms with Crippen molar-refractivity contribution in [2.24, 2.45) is 0 Å². The Labute approximate surface area is 374 Å². The minimum Gasteiger partial charge on any atom is -0.311 e. The van der Waals surface area contributed by atoms with Crippen LogP contribution in [0, 0.1) is 0 Å². The molecular weight excluding hydrogens is 766 g/mol. The largest absolute Gasteiger partial charge is 0.311 e. The Bertz CT molecular complexity index is 3200. The molecule has 4 heterocycles. The van der Waals surface area contributed by atoms with Gasteiger partial charge in [-0.3, -0.25) is 0 Å². The number of rotatable bonds is 1. The van der Waals surface area contributed by atoms with E-state index in [0.717, 1.165) is 6.42 Å². The molecule has 7 aromatic rings. The maximum absolute atomic E-state index is 2.90. The van der Waals surface area contributed by atoms with Crippen molar-refractivity contribution in [3.63, 3.8) is 0 Å². The van der Waals surface area contributed by atoms with E-state index in [2.05, 4.69) is 172 Å². The normalized spacial score (nSPS) is 23.0. The molecule has 6 aliphatic rings. The Hall–Kier alpha value is -4.60. The summed E-state index contributed by atoms with van der Waals surface area (Å²) < 4.78 is 2.74. The molecule has 1 atom stereocenters. The van der Waals surface area contributed by atoms with Gasteiger partial charge in [-0.05, 0) is 162 Å². The average Bonchev–Trinajstić information content (AvgIpc) is 3.78. The van der Waals surface area contributed by atoms with Crippen molar-refractivity contribution in [2.75, 3.05) is 4.90 Å². The van der Waals surface area contributed by atoms with E-state index in [0.29, 0.717) is 0 Å². The molecule has 1 aromatic heterocycles. The molecule has 3 heteroatoms. The van der Waals surface area contributed by atoms with Gasteiger partial charge in [0.05, 0.1) is 5.69 Å². The second-order valence-electron chi connectivity index (χ2n) is 24.0. The molecule has 6 aromatic carbocycles. The maximum atomic E-state index is 2.90. The van der Waals surface area contributed by atoms with E-state index in [1.54, 1.807) is 38.9 Å². The SMILES string of the molecule is CC1(C)CCC(C)(C)c2c1ccc1c2-c2cc(-c3ccc4c(c3)sc3ccccc34)cc3c2B1c1ccc2c4c1N3c1c(ccc3c1C(C)(C)CCC3(C)C)C4(C)CCC2(C)C. The van der Waals surface area contributed by atoms with E-state index < -0.39 is 0 Å². The van der Waals surface area contributed by atoms with Crippen LogP contribution in [-0.4, -0.2) is 6.71 Å². The summed E-state index contributed by atoms with van der Waals surface area (Å²) in [4.78, 5) is 2.90. The molecule has 0 bridgehead atoms. The highest BCUT2D eigenvalue weighted by atomic mass is 32.1. The van der Waals surface area contributed by atoms with Crippen LogP contribution in [0.5, 0.6) is 0 Å². The van der Waals surface area contributed by atoms with Gasteiger partial charge in [0.25, 0.3) is 0 Å². The molecule has 1 nitrogen and oxygen atoms in total. The third-order valence-corrected chi connectivity index (χ3v) is 19.2. The van der Waals surface area contributed by atoms with Crippen LogP contribution in [0.2, 0.25) is 0 Å². The molecule has 0 saturated heterocycles. The second kappa shape index (κ2) is 11.6. The van der Waals surface area contributed by atoms with Crippen LogP contribution in [0.1, 0.15) is 154 Å². The predicted octanol–water partition coefficient (Wildman–Crippen LogP) is 14.4. The van der Waals surface area contributed by atoms with Crippen molar-refractivity contribution in [3.8, 4) is 22.3 Å². The Kier molecular flexibility index (Phi) is 7.07. The zero-order valence-corrected chi connectivity index (χ0v) is 39.7. The van der Waals surface area contributed by atoms with Gasteiger partial charge in [-0.1, -0.05) is 148 Å². The van der Waals surface area contributed by atoms with Gasteiger partial charge >= 0.3 is 0 Å². The van der Waals surface area contributed by atoms with Crippen molar-refractivity contribution in [2.45, 2.75) is 147 Å². The fourth-order valence-corrected chi connectivity index (χ4v) is 15.4. The highest BCUT2D eigenvalue weighted by Crippen LogP contribution is 2.64. The summed E-state index contributed by atoms with van der Waals surface area (Å²) in [5, 5.41) is 2.73. The molecule has 13 rings (SSSR count). The lowest BCUT2D eigenvalue weighted by atomic mass is 9.36. The topological polar surface area (TPSA) is 3.24 Å². The summed E-state index contributed by atoms with van der Waals surface area (Å²) in [5.41, 5.74) is 26.0. The van der Waals surface area contributed by atoms with Crippen molar-refractivity contribution < 1.29 is 0 Å².